The Bertz CT molecular complexity index is 416. The Morgan fingerprint density at radius 3 is 2.63 bits per heavy atom. The third-order valence-electron chi connectivity index (χ3n) is 2.69. The van der Waals surface area contributed by atoms with Gasteiger partial charge in [0.1, 0.15) is 6.61 Å². The molecule has 1 aromatic rings. The largest absolute Gasteiger partial charge is 0.493 e. The second-order valence-electron chi connectivity index (χ2n) is 4.04. The molecule has 1 rings (SSSR count). The van der Waals surface area contributed by atoms with E-state index >= 15 is 0 Å². The molecule has 0 saturated heterocycles. The maximum Gasteiger partial charge on any atom is 0.332 e. The predicted molar refractivity (Wildman–Crippen MR) is 70.9 cm³/mol. The van der Waals surface area contributed by atoms with Crippen LogP contribution in [0.25, 0.3) is 0 Å². The molecule has 5 heteroatoms. The Kier molecular flexibility index (Phi) is 6.15. The van der Waals surface area contributed by atoms with Gasteiger partial charge in [0.05, 0.1) is 13.7 Å². The summed E-state index contributed by atoms with van der Waals surface area (Å²) in [6, 6.07) is 5.74. The summed E-state index contributed by atoms with van der Waals surface area (Å²) in [5.41, 5.74) is 1.17. The van der Waals surface area contributed by atoms with Crippen LogP contribution in [0.2, 0.25) is 0 Å². The summed E-state index contributed by atoms with van der Waals surface area (Å²) in [6.45, 7) is 4.04. The van der Waals surface area contributed by atoms with Crippen molar-refractivity contribution in [2.75, 3.05) is 20.3 Å². The number of carboxylic acids is 1. The van der Waals surface area contributed by atoms with Crippen molar-refractivity contribution in [3.63, 3.8) is 0 Å². The summed E-state index contributed by atoms with van der Waals surface area (Å²) < 4.78 is 15.8. The lowest BCUT2D eigenvalue weighted by Gasteiger charge is -2.13. The Labute approximate surface area is 113 Å². The lowest BCUT2D eigenvalue weighted by Crippen LogP contribution is -2.22. The Morgan fingerprint density at radius 2 is 2.05 bits per heavy atom. The molecule has 0 bridgehead atoms. The van der Waals surface area contributed by atoms with Crippen LogP contribution in [0.5, 0.6) is 11.5 Å². The maximum atomic E-state index is 10.5. The monoisotopic (exact) mass is 268 g/mol. The van der Waals surface area contributed by atoms with Crippen molar-refractivity contribution in [3.8, 4) is 11.5 Å². The highest BCUT2D eigenvalue weighted by molar-refractivity contribution is 5.71. The minimum Gasteiger partial charge on any atom is -0.493 e. The zero-order valence-corrected chi connectivity index (χ0v) is 11.5. The van der Waals surface area contributed by atoms with E-state index in [0.29, 0.717) is 11.5 Å². The molecule has 1 unspecified atom stereocenters. The normalized spacial score (nSPS) is 11.9. The summed E-state index contributed by atoms with van der Waals surface area (Å²) in [6.07, 6.45) is 0.101. The van der Waals surface area contributed by atoms with Crippen molar-refractivity contribution >= 4 is 5.97 Å². The van der Waals surface area contributed by atoms with Gasteiger partial charge in [-0.15, -0.1) is 0 Å². The SMILES string of the molecule is CCc1ccc(OCCOC(C)C(=O)O)c(OC)c1. The summed E-state index contributed by atoms with van der Waals surface area (Å²) >= 11 is 0. The molecular formula is C14H20O5. The summed E-state index contributed by atoms with van der Waals surface area (Å²) in [5, 5.41) is 8.65. The van der Waals surface area contributed by atoms with E-state index in [9.17, 15) is 4.79 Å². The topological polar surface area (TPSA) is 65.0 Å². The lowest BCUT2D eigenvalue weighted by atomic mass is 10.1. The molecule has 1 N–H and O–H groups in total. The van der Waals surface area contributed by atoms with Crippen LogP contribution in [0.3, 0.4) is 0 Å². The van der Waals surface area contributed by atoms with E-state index in [2.05, 4.69) is 6.92 Å². The van der Waals surface area contributed by atoms with Gasteiger partial charge in [-0.2, -0.15) is 0 Å². The Morgan fingerprint density at radius 1 is 1.32 bits per heavy atom. The molecule has 106 valence electrons. The standard InChI is InChI=1S/C14H20O5/c1-4-11-5-6-12(13(9-11)17-3)19-8-7-18-10(2)14(15)16/h5-6,9-10H,4,7-8H2,1-3H3,(H,15,16). The van der Waals surface area contributed by atoms with Crippen molar-refractivity contribution in [2.24, 2.45) is 0 Å². The van der Waals surface area contributed by atoms with E-state index in [1.54, 1.807) is 7.11 Å². The Balaban J connectivity index is 2.47. The molecule has 0 saturated carbocycles. The van der Waals surface area contributed by atoms with Crippen LogP contribution < -0.4 is 9.47 Å². The predicted octanol–water partition coefficient (Wildman–Crippen LogP) is 2.13. The zero-order valence-electron chi connectivity index (χ0n) is 11.5. The van der Waals surface area contributed by atoms with Gasteiger partial charge >= 0.3 is 5.97 Å². The first-order valence-corrected chi connectivity index (χ1v) is 6.22. The van der Waals surface area contributed by atoms with E-state index in [1.807, 2.05) is 18.2 Å². The highest BCUT2D eigenvalue weighted by Gasteiger charge is 2.11. The quantitative estimate of drug-likeness (QED) is 0.732. The van der Waals surface area contributed by atoms with Gasteiger partial charge in [0.2, 0.25) is 0 Å². The van der Waals surface area contributed by atoms with Gasteiger partial charge in [-0.1, -0.05) is 13.0 Å². The number of aryl methyl sites for hydroxylation is 1. The third-order valence-corrected chi connectivity index (χ3v) is 2.69. The van der Waals surface area contributed by atoms with E-state index in [0.717, 1.165) is 6.42 Å². The number of hydrogen-bond donors (Lipinski definition) is 1. The lowest BCUT2D eigenvalue weighted by molar-refractivity contribution is -0.149. The number of hydrogen-bond acceptors (Lipinski definition) is 4. The van der Waals surface area contributed by atoms with E-state index in [1.165, 1.54) is 12.5 Å². The average Bonchev–Trinajstić information content (AvgIpc) is 2.43. The highest BCUT2D eigenvalue weighted by atomic mass is 16.6. The van der Waals surface area contributed by atoms with Crippen LogP contribution in [0.4, 0.5) is 0 Å². The fraction of sp³-hybridized carbons (Fsp3) is 0.500. The van der Waals surface area contributed by atoms with E-state index < -0.39 is 12.1 Å². The number of aliphatic carboxylic acids is 1. The van der Waals surface area contributed by atoms with Gasteiger partial charge in [0, 0.05) is 0 Å². The molecule has 19 heavy (non-hydrogen) atoms. The van der Waals surface area contributed by atoms with Crippen LogP contribution in [-0.4, -0.2) is 37.5 Å². The van der Waals surface area contributed by atoms with Gasteiger partial charge in [0.15, 0.2) is 17.6 Å². The molecule has 0 aromatic heterocycles. The molecule has 0 aliphatic heterocycles. The molecule has 0 aliphatic rings. The van der Waals surface area contributed by atoms with Crippen LogP contribution in [0.15, 0.2) is 18.2 Å². The summed E-state index contributed by atoms with van der Waals surface area (Å²) in [4.78, 5) is 10.5. The molecule has 1 atom stereocenters. The van der Waals surface area contributed by atoms with Crippen molar-refractivity contribution in [3.05, 3.63) is 23.8 Å². The van der Waals surface area contributed by atoms with Gasteiger partial charge in [-0.25, -0.2) is 4.79 Å². The minimum absolute atomic E-state index is 0.214. The fourth-order valence-electron chi connectivity index (χ4n) is 1.50. The first-order valence-electron chi connectivity index (χ1n) is 6.22. The van der Waals surface area contributed by atoms with E-state index in [-0.39, 0.29) is 13.2 Å². The first kappa shape index (κ1) is 15.3. The number of rotatable bonds is 8. The number of ether oxygens (including phenoxy) is 3. The molecule has 0 aliphatic carbocycles. The molecule has 0 amide bonds. The zero-order chi connectivity index (χ0) is 14.3. The average molecular weight is 268 g/mol. The van der Waals surface area contributed by atoms with Crippen LogP contribution >= 0.6 is 0 Å². The second kappa shape index (κ2) is 7.63. The summed E-state index contributed by atoms with van der Waals surface area (Å²) in [7, 11) is 1.59. The number of carboxylic acid groups (broad SMARTS) is 1. The van der Waals surface area contributed by atoms with Crippen molar-refractivity contribution in [1.82, 2.24) is 0 Å². The van der Waals surface area contributed by atoms with Gasteiger partial charge < -0.3 is 19.3 Å². The fourth-order valence-corrected chi connectivity index (χ4v) is 1.50. The van der Waals surface area contributed by atoms with Crippen molar-refractivity contribution < 1.29 is 24.1 Å². The maximum absolute atomic E-state index is 10.5. The molecular weight excluding hydrogens is 248 g/mol. The van der Waals surface area contributed by atoms with Gasteiger partial charge in [-0.3, -0.25) is 0 Å². The van der Waals surface area contributed by atoms with E-state index in [4.69, 9.17) is 19.3 Å². The van der Waals surface area contributed by atoms with Crippen LogP contribution in [0, 0.1) is 0 Å². The molecule has 5 nitrogen and oxygen atoms in total. The Hall–Kier alpha value is -1.75. The second-order valence-corrected chi connectivity index (χ2v) is 4.04. The smallest absolute Gasteiger partial charge is 0.332 e. The van der Waals surface area contributed by atoms with Crippen molar-refractivity contribution in [1.29, 1.82) is 0 Å². The molecule has 0 heterocycles. The van der Waals surface area contributed by atoms with Crippen molar-refractivity contribution in [2.45, 2.75) is 26.4 Å². The van der Waals surface area contributed by atoms with Gasteiger partial charge in [0.25, 0.3) is 0 Å². The number of methoxy groups -OCH3 is 1. The van der Waals surface area contributed by atoms with Crippen LogP contribution in [-0.2, 0) is 16.0 Å². The molecule has 0 fully saturated rings. The minimum atomic E-state index is -0.982. The first-order chi connectivity index (χ1) is 9.08. The molecule has 0 radical (unpaired) electrons. The van der Waals surface area contributed by atoms with Gasteiger partial charge in [-0.05, 0) is 31.0 Å². The molecule has 1 aromatic carbocycles. The highest BCUT2D eigenvalue weighted by Crippen LogP contribution is 2.28. The molecule has 0 spiro atoms. The third kappa shape index (κ3) is 4.79. The number of carbonyl (C=O) groups is 1. The number of benzene rings is 1. The van der Waals surface area contributed by atoms with Crippen LogP contribution in [0.1, 0.15) is 19.4 Å². The summed E-state index contributed by atoms with van der Waals surface area (Å²) in [5.74, 6) is 0.321.